The summed E-state index contributed by atoms with van der Waals surface area (Å²) in [5.74, 6) is 1.00. The molecule has 0 radical (unpaired) electrons. The fraction of sp³-hybridized carbons (Fsp3) is 0.364. The number of ether oxygens (including phenoxy) is 2. The van der Waals surface area contributed by atoms with E-state index in [1.54, 1.807) is 37.3 Å². The van der Waals surface area contributed by atoms with Crippen molar-refractivity contribution in [1.82, 2.24) is 9.88 Å². The van der Waals surface area contributed by atoms with Gasteiger partial charge in [0, 0.05) is 19.3 Å². The van der Waals surface area contributed by atoms with Crippen molar-refractivity contribution in [3.8, 4) is 11.5 Å². The molecule has 0 spiro atoms. The highest BCUT2D eigenvalue weighted by Crippen LogP contribution is 2.33. The van der Waals surface area contributed by atoms with E-state index in [2.05, 4.69) is 4.98 Å². The number of nitrogens with zero attached hydrogens (tertiary/aromatic N) is 3. The SMILES string of the molecule is COc1ccc(CC(=O)N(CCN(C)C)c2nc3c(S(C)(=O)=O)cccc3s2)cc1OC.Cl. The molecule has 0 saturated carbocycles. The Bertz CT molecular complexity index is 1230. The molecule has 0 atom stereocenters. The molecule has 0 fully saturated rings. The lowest BCUT2D eigenvalue weighted by Crippen LogP contribution is -2.37. The third-order valence-corrected chi connectivity index (χ3v) is 7.05. The van der Waals surface area contributed by atoms with Gasteiger partial charge in [-0.05, 0) is 43.9 Å². The van der Waals surface area contributed by atoms with Crippen LogP contribution in [0, 0.1) is 0 Å². The number of rotatable bonds is 9. The molecular weight excluding hydrogens is 486 g/mol. The quantitative estimate of drug-likeness (QED) is 0.433. The van der Waals surface area contributed by atoms with Gasteiger partial charge in [-0.25, -0.2) is 13.4 Å². The van der Waals surface area contributed by atoms with Gasteiger partial charge in [-0.2, -0.15) is 0 Å². The standard InChI is InChI=1S/C22H27N3O5S2.ClH/c1-24(2)11-12-25(20(26)14-15-9-10-16(29-3)17(13-15)30-4)22-23-21-18(31-22)7-6-8-19(21)32(5,27)28;/h6-10,13H,11-12,14H2,1-5H3;1H. The van der Waals surface area contributed by atoms with Gasteiger partial charge >= 0.3 is 0 Å². The second-order valence-corrected chi connectivity index (χ2v) is 10.6. The van der Waals surface area contributed by atoms with Gasteiger partial charge in [0.25, 0.3) is 0 Å². The molecule has 0 N–H and O–H groups in total. The number of aromatic nitrogens is 1. The molecule has 0 unspecified atom stereocenters. The van der Waals surface area contributed by atoms with Crippen molar-refractivity contribution in [1.29, 1.82) is 0 Å². The van der Waals surface area contributed by atoms with E-state index in [1.165, 1.54) is 17.4 Å². The largest absolute Gasteiger partial charge is 0.493 e. The summed E-state index contributed by atoms with van der Waals surface area (Å²) in [7, 11) is 3.52. The summed E-state index contributed by atoms with van der Waals surface area (Å²) in [5, 5.41) is 0.475. The molecule has 11 heteroatoms. The highest BCUT2D eigenvalue weighted by molar-refractivity contribution is 7.91. The van der Waals surface area contributed by atoms with E-state index >= 15 is 0 Å². The van der Waals surface area contributed by atoms with Crippen LogP contribution in [0.1, 0.15) is 5.56 Å². The summed E-state index contributed by atoms with van der Waals surface area (Å²) in [6.45, 7) is 1.06. The van der Waals surface area contributed by atoms with Gasteiger partial charge in [0.2, 0.25) is 5.91 Å². The number of anilines is 1. The first-order valence-corrected chi connectivity index (χ1v) is 12.6. The first-order chi connectivity index (χ1) is 15.1. The number of halogens is 1. The lowest BCUT2D eigenvalue weighted by atomic mass is 10.1. The van der Waals surface area contributed by atoms with Crippen molar-refractivity contribution in [3.63, 3.8) is 0 Å². The minimum atomic E-state index is -3.44. The number of benzene rings is 2. The van der Waals surface area contributed by atoms with Gasteiger partial charge in [-0.15, -0.1) is 12.4 Å². The summed E-state index contributed by atoms with van der Waals surface area (Å²) in [6, 6.07) is 10.4. The highest BCUT2D eigenvalue weighted by Gasteiger charge is 2.23. The molecule has 33 heavy (non-hydrogen) atoms. The number of thiazole rings is 1. The van der Waals surface area contributed by atoms with Crippen molar-refractivity contribution in [2.24, 2.45) is 0 Å². The number of likely N-dealkylation sites (N-methyl/N-ethyl adjacent to an activating group) is 1. The third kappa shape index (κ3) is 6.35. The number of para-hydroxylation sites is 1. The molecular formula is C22H28ClN3O5S2. The van der Waals surface area contributed by atoms with Gasteiger partial charge < -0.3 is 14.4 Å². The summed E-state index contributed by atoms with van der Waals surface area (Å²) in [6.07, 6.45) is 1.30. The van der Waals surface area contributed by atoms with Crippen LogP contribution in [-0.4, -0.2) is 71.9 Å². The zero-order valence-electron chi connectivity index (χ0n) is 19.2. The topological polar surface area (TPSA) is 89.0 Å². The van der Waals surface area contributed by atoms with Crippen LogP contribution in [-0.2, 0) is 21.1 Å². The molecule has 3 aromatic rings. The Balaban J connectivity index is 0.00000385. The maximum absolute atomic E-state index is 13.3. The molecule has 0 saturated heterocycles. The van der Waals surface area contributed by atoms with Crippen LogP contribution >= 0.6 is 23.7 Å². The van der Waals surface area contributed by atoms with E-state index in [9.17, 15) is 13.2 Å². The number of carbonyl (C=O) groups is 1. The minimum absolute atomic E-state index is 0. The van der Waals surface area contributed by atoms with Crippen LogP contribution in [0.15, 0.2) is 41.3 Å². The van der Waals surface area contributed by atoms with Crippen molar-refractivity contribution in [2.45, 2.75) is 11.3 Å². The van der Waals surface area contributed by atoms with Crippen LogP contribution < -0.4 is 14.4 Å². The van der Waals surface area contributed by atoms with Crippen LogP contribution in [0.5, 0.6) is 11.5 Å². The molecule has 3 rings (SSSR count). The van der Waals surface area contributed by atoms with Crippen LogP contribution in [0.25, 0.3) is 10.2 Å². The number of carbonyl (C=O) groups excluding carboxylic acids is 1. The zero-order chi connectivity index (χ0) is 23.5. The molecule has 0 aliphatic heterocycles. The average molecular weight is 514 g/mol. The van der Waals surface area contributed by atoms with E-state index in [4.69, 9.17) is 9.47 Å². The molecule has 180 valence electrons. The Kier molecular flexibility index (Phi) is 9.07. The monoisotopic (exact) mass is 513 g/mol. The zero-order valence-corrected chi connectivity index (χ0v) is 21.6. The molecule has 1 aromatic heterocycles. The first-order valence-electron chi connectivity index (χ1n) is 9.89. The van der Waals surface area contributed by atoms with Gasteiger partial charge in [-0.1, -0.05) is 23.5 Å². The fourth-order valence-corrected chi connectivity index (χ4v) is 5.15. The average Bonchev–Trinajstić information content (AvgIpc) is 3.16. The van der Waals surface area contributed by atoms with Gasteiger partial charge in [-0.3, -0.25) is 9.69 Å². The van der Waals surface area contributed by atoms with Crippen molar-refractivity contribution in [2.75, 3.05) is 52.6 Å². The van der Waals surface area contributed by atoms with Gasteiger partial charge in [0.05, 0.1) is 30.2 Å². The first kappa shape index (κ1) is 26.8. The Morgan fingerprint density at radius 1 is 1.06 bits per heavy atom. The molecule has 0 aliphatic carbocycles. The summed E-state index contributed by atoms with van der Waals surface area (Å²) < 4.78 is 35.7. The number of hydrogen-bond acceptors (Lipinski definition) is 8. The molecule has 1 amide bonds. The number of sulfone groups is 1. The minimum Gasteiger partial charge on any atom is -0.493 e. The molecule has 0 bridgehead atoms. The van der Waals surface area contributed by atoms with Crippen LogP contribution in [0.2, 0.25) is 0 Å². The number of amides is 1. The Labute approximate surface area is 204 Å². The van der Waals surface area contributed by atoms with E-state index in [0.717, 1.165) is 16.5 Å². The lowest BCUT2D eigenvalue weighted by Gasteiger charge is -2.22. The predicted octanol–water partition coefficient (Wildman–Crippen LogP) is 3.28. The molecule has 0 aliphatic rings. The molecule has 8 nitrogen and oxygen atoms in total. The van der Waals surface area contributed by atoms with Crippen LogP contribution in [0.3, 0.4) is 0 Å². The predicted molar refractivity (Wildman–Crippen MR) is 134 cm³/mol. The Hall–Kier alpha value is -2.40. The van der Waals surface area contributed by atoms with E-state index < -0.39 is 9.84 Å². The van der Waals surface area contributed by atoms with E-state index in [1.807, 2.05) is 31.1 Å². The van der Waals surface area contributed by atoms with Gasteiger partial charge in [0.15, 0.2) is 26.5 Å². The fourth-order valence-electron chi connectivity index (χ4n) is 3.21. The van der Waals surface area contributed by atoms with Gasteiger partial charge in [0.1, 0.15) is 5.52 Å². The normalized spacial score (nSPS) is 11.3. The second kappa shape index (κ2) is 11.1. The summed E-state index contributed by atoms with van der Waals surface area (Å²) in [5.41, 5.74) is 1.17. The lowest BCUT2D eigenvalue weighted by molar-refractivity contribution is -0.118. The third-order valence-electron chi connectivity index (χ3n) is 4.88. The second-order valence-electron chi connectivity index (χ2n) is 7.59. The molecule has 1 heterocycles. The Morgan fingerprint density at radius 2 is 1.76 bits per heavy atom. The van der Waals surface area contributed by atoms with Crippen LogP contribution in [0.4, 0.5) is 5.13 Å². The number of fused-ring (bicyclic) bond motifs is 1. The van der Waals surface area contributed by atoms with E-state index in [0.29, 0.717) is 35.2 Å². The summed E-state index contributed by atoms with van der Waals surface area (Å²) in [4.78, 5) is 21.6. The van der Waals surface area contributed by atoms with Crippen molar-refractivity contribution >= 4 is 54.8 Å². The number of methoxy groups -OCH3 is 2. The van der Waals surface area contributed by atoms with E-state index in [-0.39, 0.29) is 29.6 Å². The highest BCUT2D eigenvalue weighted by atomic mass is 35.5. The maximum Gasteiger partial charge on any atom is 0.233 e. The van der Waals surface area contributed by atoms with Crippen molar-refractivity contribution < 1.29 is 22.7 Å². The molecule has 2 aromatic carbocycles. The summed E-state index contributed by atoms with van der Waals surface area (Å²) >= 11 is 1.31. The number of hydrogen-bond donors (Lipinski definition) is 0. The van der Waals surface area contributed by atoms with Crippen molar-refractivity contribution in [3.05, 3.63) is 42.0 Å². The smallest absolute Gasteiger partial charge is 0.233 e. The Morgan fingerprint density at radius 3 is 2.36 bits per heavy atom. The maximum atomic E-state index is 13.3.